The van der Waals surface area contributed by atoms with E-state index in [1.807, 2.05) is 21.9 Å². The lowest BCUT2D eigenvalue weighted by molar-refractivity contribution is -0.136. The first-order valence-electron chi connectivity index (χ1n) is 11.7. The van der Waals surface area contributed by atoms with Gasteiger partial charge in [-0.1, -0.05) is 29.3 Å². The molecular formula is C26H30Cl2N2O3. The Morgan fingerprint density at radius 3 is 2.33 bits per heavy atom. The molecule has 2 heterocycles. The van der Waals surface area contributed by atoms with E-state index in [0.717, 1.165) is 38.8 Å². The average Bonchev–Trinajstić information content (AvgIpc) is 2.84. The Morgan fingerprint density at radius 1 is 0.879 bits per heavy atom. The molecule has 7 heteroatoms. The summed E-state index contributed by atoms with van der Waals surface area (Å²) in [6.45, 7) is 3.14. The average molecular weight is 489 g/mol. The number of hydrogen-bond acceptors (Lipinski definition) is 3. The molecule has 2 saturated heterocycles. The zero-order valence-electron chi connectivity index (χ0n) is 18.8. The van der Waals surface area contributed by atoms with Gasteiger partial charge in [0.25, 0.3) is 5.91 Å². The first kappa shape index (κ1) is 23.9. The topological polar surface area (TPSA) is 49.9 Å². The molecule has 0 bridgehead atoms. The minimum atomic E-state index is -0.444. The molecule has 2 aliphatic heterocycles. The highest BCUT2D eigenvalue weighted by atomic mass is 35.5. The van der Waals surface area contributed by atoms with E-state index in [2.05, 4.69) is 0 Å². The first-order chi connectivity index (χ1) is 15.9. The summed E-state index contributed by atoms with van der Waals surface area (Å²) in [5.74, 6) is 0.812. The fraction of sp³-hybridized carbons (Fsp3) is 0.462. The molecule has 0 aliphatic carbocycles. The van der Waals surface area contributed by atoms with Gasteiger partial charge in [0.2, 0.25) is 5.91 Å². The molecule has 0 radical (unpaired) electrons. The summed E-state index contributed by atoms with van der Waals surface area (Å²) in [6, 6.07) is 14.3. The predicted octanol–water partition coefficient (Wildman–Crippen LogP) is 5.70. The fourth-order valence-corrected chi connectivity index (χ4v) is 5.16. The summed E-state index contributed by atoms with van der Waals surface area (Å²) in [6.07, 6.45) is 5.32. The summed E-state index contributed by atoms with van der Waals surface area (Å²) >= 11 is 12.1. The van der Waals surface area contributed by atoms with E-state index in [9.17, 15) is 9.59 Å². The number of ether oxygens (including phenoxy) is 1. The van der Waals surface area contributed by atoms with Crippen LogP contribution in [0.1, 0.15) is 48.9 Å². The van der Waals surface area contributed by atoms with Gasteiger partial charge < -0.3 is 14.5 Å². The van der Waals surface area contributed by atoms with Crippen molar-refractivity contribution in [3.63, 3.8) is 0 Å². The number of piperidine rings is 2. The SMILES string of the molecule is O=C(C[C@]1(COc2ccc(Cl)cc2)CCCN(C(=O)c2cccc(Cl)c2)C1)N1CCCCC1. The van der Waals surface area contributed by atoms with Gasteiger partial charge >= 0.3 is 0 Å². The highest BCUT2D eigenvalue weighted by molar-refractivity contribution is 6.31. The number of hydrogen-bond donors (Lipinski definition) is 0. The fourth-order valence-electron chi connectivity index (χ4n) is 4.84. The maximum atomic E-state index is 13.3. The number of benzene rings is 2. The number of amides is 2. The van der Waals surface area contributed by atoms with Gasteiger partial charge in [-0.15, -0.1) is 0 Å². The zero-order chi connectivity index (χ0) is 23.3. The van der Waals surface area contributed by atoms with Gasteiger partial charge in [-0.25, -0.2) is 0 Å². The van der Waals surface area contributed by atoms with Crippen molar-refractivity contribution in [1.82, 2.24) is 9.80 Å². The standard InChI is InChI=1S/C26H30Cl2N2O3/c27-21-8-10-23(11-9-21)33-19-26(17-24(31)29-13-2-1-3-14-29)12-5-15-30(18-26)25(32)20-6-4-7-22(28)16-20/h4,6-11,16H,1-3,5,12-15,17-19H2/t26-/m1/s1. The molecule has 0 saturated carbocycles. The first-order valence-corrected chi connectivity index (χ1v) is 12.4. The van der Waals surface area contributed by atoms with Gasteiger partial charge in [0.15, 0.2) is 0 Å². The van der Waals surface area contributed by atoms with Gasteiger partial charge in [-0.2, -0.15) is 0 Å². The van der Waals surface area contributed by atoms with Crippen LogP contribution in [0.5, 0.6) is 5.75 Å². The van der Waals surface area contributed by atoms with Crippen LogP contribution >= 0.6 is 23.2 Å². The molecule has 1 atom stereocenters. The van der Waals surface area contributed by atoms with Crippen LogP contribution in [0.2, 0.25) is 10.0 Å². The third-order valence-corrected chi connectivity index (χ3v) is 7.10. The molecule has 2 aliphatic rings. The van der Waals surface area contributed by atoms with Crippen LogP contribution < -0.4 is 4.74 Å². The van der Waals surface area contributed by atoms with Gasteiger partial charge in [-0.3, -0.25) is 9.59 Å². The highest BCUT2D eigenvalue weighted by Crippen LogP contribution is 2.36. The molecule has 2 aromatic carbocycles. The van der Waals surface area contributed by atoms with Crippen LogP contribution in [0.4, 0.5) is 0 Å². The number of halogens is 2. The number of carbonyl (C=O) groups excluding carboxylic acids is 2. The lowest BCUT2D eigenvalue weighted by atomic mass is 9.77. The maximum Gasteiger partial charge on any atom is 0.253 e. The second-order valence-electron chi connectivity index (χ2n) is 9.20. The third-order valence-electron chi connectivity index (χ3n) is 6.61. The van der Waals surface area contributed by atoms with Crippen molar-refractivity contribution in [2.75, 3.05) is 32.8 Å². The number of likely N-dealkylation sites (tertiary alicyclic amines) is 2. The predicted molar refractivity (Wildman–Crippen MR) is 131 cm³/mol. The Hall–Kier alpha value is -2.24. The van der Waals surface area contributed by atoms with Crippen LogP contribution in [-0.4, -0.2) is 54.4 Å². The Kier molecular flexibility index (Phi) is 7.82. The Labute approximate surface area is 205 Å². The van der Waals surface area contributed by atoms with Crippen molar-refractivity contribution in [3.8, 4) is 5.75 Å². The van der Waals surface area contributed by atoms with Crippen LogP contribution in [0.15, 0.2) is 48.5 Å². The largest absolute Gasteiger partial charge is 0.493 e. The number of nitrogens with zero attached hydrogens (tertiary/aromatic N) is 2. The Bertz CT molecular complexity index is 976. The number of carbonyl (C=O) groups is 2. The van der Waals surface area contributed by atoms with Crippen LogP contribution in [0.25, 0.3) is 0 Å². The maximum absolute atomic E-state index is 13.3. The van der Waals surface area contributed by atoms with Crippen molar-refractivity contribution in [2.24, 2.45) is 5.41 Å². The second-order valence-corrected chi connectivity index (χ2v) is 10.1. The van der Waals surface area contributed by atoms with Gasteiger partial charge in [-0.05, 0) is 74.6 Å². The molecule has 2 fully saturated rings. The molecule has 2 amide bonds. The molecule has 2 aromatic rings. The van der Waals surface area contributed by atoms with E-state index in [-0.39, 0.29) is 11.8 Å². The second kappa shape index (κ2) is 10.8. The van der Waals surface area contributed by atoms with Crippen LogP contribution in [0.3, 0.4) is 0 Å². The van der Waals surface area contributed by atoms with E-state index in [4.69, 9.17) is 27.9 Å². The molecular weight excluding hydrogens is 459 g/mol. The molecule has 0 unspecified atom stereocenters. The normalized spacial score (nSPS) is 21.0. The minimum absolute atomic E-state index is 0.0570. The van der Waals surface area contributed by atoms with Crippen LogP contribution in [-0.2, 0) is 4.79 Å². The Balaban J connectivity index is 1.53. The number of rotatable bonds is 6. The van der Waals surface area contributed by atoms with Gasteiger partial charge in [0.05, 0.1) is 6.61 Å². The minimum Gasteiger partial charge on any atom is -0.493 e. The van der Waals surface area contributed by atoms with E-state index in [1.165, 1.54) is 6.42 Å². The van der Waals surface area contributed by atoms with Crippen molar-refractivity contribution in [1.29, 1.82) is 0 Å². The summed E-state index contributed by atoms with van der Waals surface area (Å²) in [7, 11) is 0. The van der Waals surface area contributed by atoms with Crippen molar-refractivity contribution in [2.45, 2.75) is 38.5 Å². The van der Waals surface area contributed by atoms with E-state index in [0.29, 0.717) is 47.5 Å². The van der Waals surface area contributed by atoms with Gasteiger partial charge in [0.1, 0.15) is 5.75 Å². The highest BCUT2D eigenvalue weighted by Gasteiger charge is 2.41. The molecule has 5 nitrogen and oxygen atoms in total. The molecule has 0 spiro atoms. The summed E-state index contributed by atoms with van der Waals surface area (Å²) < 4.78 is 6.16. The summed E-state index contributed by atoms with van der Waals surface area (Å²) in [5.41, 5.74) is 0.125. The van der Waals surface area contributed by atoms with E-state index >= 15 is 0 Å². The molecule has 0 N–H and O–H groups in total. The Morgan fingerprint density at radius 2 is 1.61 bits per heavy atom. The smallest absolute Gasteiger partial charge is 0.253 e. The lowest BCUT2D eigenvalue weighted by Gasteiger charge is -2.43. The lowest BCUT2D eigenvalue weighted by Crippen LogP contribution is -2.51. The van der Waals surface area contributed by atoms with Crippen molar-refractivity contribution in [3.05, 3.63) is 64.1 Å². The quantitative estimate of drug-likeness (QED) is 0.523. The molecule has 4 rings (SSSR count). The van der Waals surface area contributed by atoms with Crippen molar-refractivity contribution < 1.29 is 14.3 Å². The van der Waals surface area contributed by atoms with Crippen LogP contribution in [0, 0.1) is 5.41 Å². The monoisotopic (exact) mass is 488 g/mol. The van der Waals surface area contributed by atoms with E-state index in [1.54, 1.807) is 36.4 Å². The van der Waals surface area contributed by atoms with Gasteiger partial charge in [0, 0.05) is 53.6 Å². The molecule has 33 heavy (non-hydrogen) atoms. The molecule has 0 aromatic heterocycles. The third kappa shape index (κ3) is 6.21. The summed E-state index contributed by atoms with van der Waals surface area (Å²) in [5, 5.41) is 1.18. The summed E-state index contributed by atoms with van der Waals surface area (Å²) in [4.78, 5) is 30.3. The van der Waals surface area contributed by atoms with Crippen molar-refractivity contribution >= 4 is 35.0 Å². The molecule has 176 valence electrons. The zero-order valence-corrected chi connectivity index (χ0v) is 20.3. The van der Waals surface area contributed by atoms with E-state index < -0.39 is 5.41 Å².